The standard InChI is InChI=1S/C32H43F/c1-2-3-6-25-8-12-27(13-9-25)29-16-20-31(21-17-29)32-22-18-30(19-23-32)28-14-10-26(11-15-28)7-4-5-24-33/h4,7,16-23,25-28H,2-3,5-6,8-15,24H2,1H3/b7-4+/t25-,26-,27-,28-. The molecule has 0 aromatic heterocycles. The minimum atomic E-state index is -0.235. The van der Waals surface area contributed by atoms with Gasteiger partial charge in [-0.25, -0.2) is 0 Å². The number of benzene rings is 2. The fraction of sp³-hybridized carbons (Fsp3) is 0.562. The Morgan fingerprint density at radius 3 is 1.73 bits per heavy atom. The van der Waals surface area contributed by atoms with Crippen LogP contribution in [0.1, 0.15) is 107 Å². The van der Waals surface area contributed by atoms with Crippen LogP contribution in [-0.2, 0) is 0 Å². The summed E-state index contributed by atoms with van der Waals surface area (Å²) in [6, 6.07) is 18.8. The van der Waals surface area contributed by atoms with Gasteiger partial charge in [0.05, 0.1) is 6.67 Å². The highest BCUT2D eigenvalue weighted by Gasteiger charge is 2.22. The summed E-state index contributed by atoms with van der Waals surface area (Å²) in [5.74, 6) is 3.07. The van der Waals surface area contributed by atoms with Crippen molar-refractivity contribution in [1.29, 1.82) is 0 Å². The van der Waals surface area contributed by atoms with E-state index in [9.17, 15) is 4.39 Å². The van der Waals surface area contributed by atoms with Crippen LogP contribution in [0.3, 0.4) is 0 Å². The van der Waals surface area contributed by atoms with E-state index in [0.717, 1.165) is 11.8 Å². The molecule has 1 heteroatoms. The minimum Gasteiger partial charge on any atom is -0.251 e. The molecule has 0 unspecified atom stereocenters. The largest absolute Gasteiger partial charge is 0.251 e. The molecule has 2 saturated carbocycles. The lowest BCUT2D eigenvalue weighted by Crippen LogP contribution is -2.13. The van der Waals surface area contributed by atoms with E-state index in [-0.39, 0.29) is 6.67 Å². The minimum absolute atomic E-state index is 0.235. The first-order valence-corrected chi connectivity index (χ1v) is 13.7. The molecule has 0 spiro atoms. The van der Waals surface area contributed by atoms with E-state index in [1.165, 1.54) is 87.3 Å². The van der Waals surface area contributed by atoms with Crippen molar-refractivity contribution in [1.82, 2.24) is 0 Å². The fourth-order valence-corrected chi connectivity index (χ4v) is 6.17. The Bertz CT molecular complexity index is 831. The Morgan fingerprint density at radius 2 is 1.24 bits per heavy atom. The summed E-state index contributed by atoms with van der Waals surface area (Å²) in [4.78, 5) is 0. The molecule has 2 aliphatic carbocycles. The zero-order valence-corrected chi connectivity index (χ0v) is 20.7. The monoisotopic (exact) mass is 446 g/mol. The summed E-state index contributed by atoms with van der Waals surface area (Å²) in [6.07, 6.45) is 19.6. The van der Waals surface area contributed by atoms with E-state index in [2.05, 4.69) is 61.5 Å². The first kappa shape index (κ1) is 24.2. The van der Waals surface area contributed by atoms with Crippen molar-refractivity contribution in [2.75, 3.05) is 6.67 Å². The highest BCUT2D eigenvalue weighted by Crippen LogP contribution is 2.39. The Kier molecular flexibility index (Phi) is 9.21. The zero-order chi connectivity index (χ0) is 22.9. The van der Waals surface area contributed by atoms with Crippen LogP contribution in [0.15, 0.2) is 60.7 Å². The molecule has 33 heavy (non-hydrogen) atoms. The highest BCUT2D eigenvalue weighted by atomic mass is 19.1. The van der Waals surface area contributed by atoms with Crippen molar-refractivity contribution >= 4 is 0 Å². The summed E-state index contributed by atoms with van der Waals surface area (Å²) < 4.78 is 12.3. The highest BCUT2D eigenvalue weighted by molar-refractivity contribution is 5.64. The van der Waals surface area contributed by atoms with Crippen LogP contribution in [0.2, 0.25) is 0 Å². The lowest BCUT2D eigenvalue weighted by molar-refractivity contribution is 0.304. The van der Waals surface area contributed by atoms with Gasteiger partial charge in [-0.1, -0.05) is 86.9 Å². The van der Waals surface area contributed by atoms with Gasteiger partial charge in [-0.15, -0.1) is 0 Å². The van der Waals surface area contributed by atoms with Gasteiger partial charge in [0.1, 0.15) is 0 Å². The first-order valence-electron chi connectivity index (χ1n) is 13.7. The Labute approximate surface area is 201 Å². The van der Waals surface area contributed by atoms with Gasteiger partial charge >= 0.3 is 0 Å². The second kappa shape index (κ2) is 12.5. The molecule has 0 radical (unpaired) electrons. The second-order valence-corrected chi connectivity index (χ2v) is 10.6. The average molecular weight is 447 g/mol. The van der Waals surface area contributed by atoms with Gasteiger partial charge in [-0.3, -0.25) is 4.39 Å². The van der Waals surface area contributed by atoms with E-state index in [4.69, 9.17) is 0 Å². The third kappa shape index (κ3) is 6.81. The summed E-state index contributed by atoms with van der Waals surface area (Å²) >= 11 is 0. The topological polar surface area (TPSA) is 0 Å². The normalized spacial score (nSPS) is 26.0. The van der Waals surface area contributed by atoms with Crippen molar-refractivity contribution in [3.05, 3.63) is 71.8 Å². The summed E-state index contributed by atoms with van der Waals surface area (Å²) in [5, 5.41) is 0. The molecular weight excluding hydrogens is 403 g/mol. The van der Waals surface area contributed by atoms with Crippen LogP contribution in [0.4, 0.5) is 4.39 Å². The number of hydrogen-bond donors (Lipinski definition) is 0. The molecule has 2 fully saturated rings. The van der Waals surface area contributed by atoms with Crippen molar-refractivity contribution in [3.8, 4) is 11.1 Å². The smallest absolute Gasteiger partial charge is 0.0928 e. The van der Waals surface area contributed by atoms with Gasteiger partial charge < -0.3 is 0 Å². The van der Waals surface area contributed by atoms with E-state index < -0.39 is 0 Å². The lowest BCUT2D eigenvalue weighted by Gasteiger charge is -2.29. The van der Waals surface area contributed by atoms with Crippen LogP contribution < -0.4 is 0 Å². The van der Waals surface area contributed by atoms with Crippen LogP contribution in [-0.4, -0.2) is 6.67 Å². The van der Waals surface area contributed by atoms with Crippen LogP contribution in [0, 0.1) is 11.8 Å². The second-order valence-electron chi connectivity index (χ2n) is 10.6. The quantitative estimate of drug-likeness (QED) is 0.336. The number of unbranched alkanes of at least 4 members (excludes halogenated alkanes) is 1. The van der Waals surface area contributed by atoms with E-state index >= 15 is 0 Å². The average Bonchev–Trinajstić information content (AvgIpc) is 2.89. The fourth-order valence-electron chi connectivity index (χ4n) is 6.17. The van der Waals surface area contributed by atoms with Crippen molar-refractivity contribution in [2.45, 2.75) is 95.8 Å². The maximum atomic E-state index is 12.3. The Hall–Kier alpha value is -1.89. The van der Waals surface area contributed by atoms with Crippen LogP contribution in [0.5, 0.6) is 0 Å². The van der Waals surface area contributed by atoms with Gasteiger partial charge in [0.2, 0.25) is 0 Å². The van der Waals surface area contributed by atoms with Gasteiger partial charge in [-0.05, 0) is 104 Å². The van der Waals surface area contributed by atoms with E-state index in [0.29, 0.717) is 18.3 Å². The molecule has 0 heterocycles. The Morgan fingerprint density at radius 1 is 0.727 bits per heavy atom. The SMILES string of the molecule is CCCC[C@H]1CC[C@H](c2ccc(-c3ccc([C@H]4CC[C@H](/C=C/CCF)CC4)cc3)cc2)CC1. The number of alkyl halides is 1. The molecule has 0 aliphatic heterocycles. The van der Waals surface area contributed by atoms with E-state index in [1.54, 1.807) is 5.56 Å². The van der Waals surface area contributed by atoms with Gasteiger partial charge in [0.25, 0.3) is 0 Å². The number of halogens is 1. The molecule has 2 aliphatic rings. The van der Waals surface area contributed by atoms with Crippen molar-refractivity contribution < 1.29 is 4.39 Å². The predicted molar refractivity (Wildman–Crippen MR) is 141 cm³/mol. The molecule has 2 aromatic rings. The molecule has 0 saturated heterocycles. The Balaban J connectivity index is 1.29. The zero-order valence-electron chi connectivity index (χ0n) is 20.7. The van der Waals surface area contributed by atoms with Crippen molar-refractivity contribution in [3.63, 3.8) is 0 Å². The molecule has 178 valence electrons. The van der Waals surface area contributed by atoms with Gasteiger partial charge in [0.15, 0.2) is 0 Å². The third-order valence-electron chi connectivity index (χ3n) is 8.37. The number of hydrogen-bond acceptors (Lipinski definition) is 0. The van der Waals surface area contributed by atoms with Crippen molar-refractivity contribution in [2.24, 2.45) is 11.8 Å². The predicted octanol–water partition coefficient (Wildman–Crippen LogP) is 10.0. The number of rotatable bonds is 9. The molecule has 0 bridgehead atoms. The first-order chi connectivity index (χ1) is 16.3. The van der Waals surface area contributed by atoms with Gasteiger partial charge in [0, 0.05) is 0 Å². The maximum absolute atomic E-state index is 12.3. The lowest BCUT2D eigenvalue weighted by atomic mass is 9.77. The summed E-state index contributed by atoms with van der Waals surface area (Å²) in [7, 11) is 0. The number of allylic oxidation sites excluding steroid dienone is 2. The molecule has 0 N–H and O–H groups in total. The third-order valence-corrected chi connectivity index (χ3v) is 8.37. The molecule has 4 rings (SSSR count). The molecular formula is C32H43F. The van der Waals surface area contributed by atoms with Crippen LogP contribution >= 0.6 is 0 Å². The van der Waals surface area contributed by atoms with Crippen LogP contribution in [0.25, 0.3) is 11.1 Å². The summed E-state index contributed by atoms with van der Waals surface area (Å²) in [5.41, 5.74) is 5.70. The van der Waals surface area contributed by atoms with Gasteiger partial charge in [-0.2, -0.15) is 0 Å². The maximum Gasteiger partial charge on any atom is 0.0928 e. The molecule has 2 aromatic carbocycles. The molecule has 0 atom stereocenters. The molecule has 0 nitrogen and oxygen atoms in total. The molecule has 0 amide bonds. The summed E-state index contributed by atoms with van der Waals surface area (Å²) in [6.45, 7) is 2.07. The van der Waals surface area contributed by atoms with E-state index in [1.807, 2.05) is 6.08 Å².